The molecular formula is C51H33N2OSSi. The summed E-state index contributed by atoms with van der Waals surface area (Å²) in [5.74, 6) is 0.630. The molecule has 3 nitrogen and oxygen atoms in total. The molecule has 263 valence electrons. The maximum atomic E-state index is 6.63. The summed E-state index contributed by atoms with van der Waals surface area (Å²) in [7, 11) is -1.30. The largest absolute Gasteiger partial charge is 0.435 e. The lowest BCUT2D eigenvalue weighted by Gasteiger charge is -2.27. The fourth-order valence-corrected chi connectivity index (χ4v) is 11.9. The molecule has 9 aromatic carbocycles. The molecule has 1 radical (unpaired) electrons. The smallest absolute Gasteiger partial charge is 0.227 e. The summed E-state index contributed by atoms with van der Waals surface area (Å²) in [5.41, 5.74) is 5.94. The molecule has 0 saturated heterocycles. The molecule has 2 aromatic heterocycles. The van der Waals surface area contributed by atoms with Crippen LogP contribution in [-0.2, 0) is 0 Å². The third kappa shape index (κ3) is 5.60. The van der Waals surface area contributed by atoms with Crippen LogP contribution in [0.3, 0.4) is 0 Å². The molecule has 0 amide bonds. The molecule has 0 bridgehead atoms. The second-order valence-corrected chi connectivity index (χ2v) is 17.7. The molecule has 0 aliphatic heterocycles. The van der Waals surface area contributed by atoms with Crippen molar-refractivity contribution in [2.75, 3.05) is 4.90 Å². The summed E-state index contributed by atoms with van der Waals surface area (Å²) < 4.78 is 9.20. The van der Waals surface area contributed by atoms with E-state index < -0.39 is 8.80 Å². The van der Waals surface area contributed by atoms with Crippen LogP contribution in [0.25, 0.3) is 64.3 Å². The zero-order valence-corrected chi connectivity index (χ0v) is 32.1. The van der Waals surface area contributed by atoms with E-state index in [0.717, 1.165) is 55.3 Å². The number of fused-ring (bicyclic) bond motifs is 8. The van der Waals surface area contributed by atoms with Gasteiger partial charge in [0.25, 0.3) is 0 Å². The molecule has 0 aliphatic carbocycles. The van der Waals surface area contributed by atoms with Crippen molar-refractivity contribution in [1.82, 2.24) is 4.98 Å². The van der Waals surface area contributed by atoms with Crippen molar-refractivity contribution in [3.05, 3.63) is 200 Å². The molecule has 0 aliphatic rings. The first-order valence-electron chi connectivity index (χ1n) is 18.9. The summed E-state index contributed by atoms with van der Waals surface area (Å²) in [6.07, 6.45) is 0. The van der Waals surface area contributed by atoms with Crippen molar-refractivity contribution < 1.29 is 4.42 Å². The van der Waals surface area contributed by atoms with E-state index in [4.69, 9.17) is 9.40 Å². The van der Waals surface area contributed by atoms with Crippen molar-refractivity contribution in [3.63, 3.8) is 0 Å². The highest BCUT2D eigenvalue weighted by atomic mass is 32.1. The second-order valence-electron chi connectivity index (χ2n) is 14.1. The van der Waals surface area contributed by atoms with Gasteiger partial charge in [-0.2, -0.15) is 0 Å². The van der Waals surface area contributed by atoms with Crippen LogP contribution < -0.4 is 20.5 Å². The summed E-state index contributed by atoms with van der Waals surface area (Å²) >= 11 is 1.85. The monoisotopic (exact) mass is 749 g/mol. The molecule has 0 unspecified atom stereocenters. The Morgan fingerprint density at radius 1 is 0.446 bits per heavy atom. The number of hydrogen-bond acceptors (Lipinski definition) is 4. The van der Waals surface area contributed by atoms with Crippen molar-refractivity contribution in [3.8, 4) is 11.5 Å². The fraction of sp³-hybridized carbons (Fsp3) is 0. The predicted octanol–water partition coefficient (Wildman–Crippen LogP) is 12.2. The highest BCUT2D eigenvalue weighted by molar-refractivity contribution is 7.25. The number of anilines is 3. The van der Waals surface area contributed by atoms with Gasteiger partial charge in [0.05, 0.1) is 0 Å². The number of benzene rings is 9. The predicted molar refractivity (Wildman–Crippen MR) is 240 cm³/mol. The van der Waals surface area contributed by atoms with Crippen LogP contribution >= 0.6 is 11.3 Å². The minimum atomic E-state index is -1.30. The van der Waals surface area contributed by atoms with Crippen LogP contribution in [0.2, 0.25) is 0 Å². The van der Waals surface area contributed by atoms with Crippen LogP contribution in [0, 0.1) is 0 Å². The second kappa shape index (κ2) is 13.5. The van der Waals surface area contributed by atoms with Gasteiger partial charge in [-0.1, -0.05) is 150 Å². The first-order chi connectivity index (χ1) is 27.7. The van der Waals surface area contributed by atoms with Gasteiger partial charge in [0.15, 0.2) is 14.4 Å². The average molecular weight is 750 g/mol. The van der Waals surface area contributed by atoms with Gasteiger partial charge >= 0.3 is 0 Å². The van der Waals surface area contributed by atoms with Gasteiger partial charge in [-0.15, -0.1) is 11.3 Å². The van der Waals surface area contributed by atoms with Crippen LogP contribution in [0.5, 0.6) is 0 Å². The molecule has 0 N–H and O–H groups in total. The van der Waals surface area contributed by atoms with E-state index in [1.54, 1.807) is 0 Å². The normalized spacial score (nSPS) is 11.7. The SMILES string of the molecule is c1ccc(-c2nc3ccc4ccc5ccc(N(c6cccc([Si](c7ccccc7)c7ccccc7)c6)c6ccc7c(c6)sc6ccccc67)cc5c4c3o2)cc1. The molecule has 2 heterocycles. The van der Waals surface area contributed by atoms with Gasteiger partial charge in [0, 0.05) is 48.2 Å². The van der Waals surface area contributed by atoms with E-state index in [1.807, 2.05) is 41.7 Å². The van der Waals surface area contributed by atoms with E-state index in [-0.39, 0.29) is 0 Å². The highest BCUT2D eigenvalue weighted by Crippen LogP contribution is 2.42. The van der Waals surface area contributed by atoms with Crippen molar-refractivity contribution in [2.45, 2.75) is 0 Å². The Kier molecular flexibility index (Phi) is 7.86. The van der Waals surface area contributed by atoms with Crippen molar-refractivity contribution in [1.29, 1.82) is 0 Å². The topological polar surface area (TPSA) is 29.3 Å². The Labute approximate surface area is 330 Å². The lowest BCUT2D eigenvalue weighted by atomic mass is 10.00. The third-order valence-electron chi connectivity index (χ3n) is 10.8. The van der Waals surface area contributed by atoms with Gasteiger partial charge in [-0.05, 0) is 82.0 Å². The lowest BCUT2D eigenvalue weighted by molar-refractivity contribution is 0.623. The van der Waals surface area contributed by atoms with Gasteiger partial charge < -0.3 is 9.32 Å². The number of nitrogens with zero attached hydrogens (tertiary/aromatic N) is 2. The summed E-state index contributed by atoms with van der Waals surface area (Å²) in [4.78, 5) is 7.37. The molecular weight excluding hydrogens is 717 g/mol. The first-order valence-corrected chi connectivity index (χ1v) is 21.2. The number of thiophene rings is 1. The fourth-order valence-electron chi connectivity index (χ4n) is 8.16. The van der Waals surface area contributed by atoms with E-state index in [0.29, 0.717) is 5.89 Å². The third-order valence-corrected chi connectivity index (χ3v) is 14.6. The zero-order valence-electron chi connectivity index (χ0n) is 30.3. The van der Waals surface area contributed by atoms with E-state index in [2.05, 4.69) is 175 Å². The van der Waals surface area contributed by atoms with Crippen LogP contribution in [0.15, 0.2) is 205 Å². The first kappa shape index (κ1) is 32.6. The van der Waals surface area contributed by atoms with E-state index in [1.165, 1.54) is 35.7 Å². The Morgan fingerprint density at radius 2 is 1.05 bits per heavy atom. The van der Waals surface area contributed by atoms with Crippen molar-refractivity contribution >= 4 is 106 Å². The molecule has 0 spiro atoms. The Balaban J connectivity index is 1.14. The van der Waals surface area contributed by atoms with Crippen LogP contribution in [0.1, 0.15) is 0 Å². The molecule has 0 saturated carbocycles. The minimum absolute atomic E-state index is 0.630. The number of aromatic nitrogens is 1. The van der Waals surface area contributed by atoms with Crippen molar-refractivity contribution in [2.24, 2.45) is 0 Å². The van der Waals surface area contributed by atoms with Gasteiger partial charge in [0.1, 0.15) is 5.52 Å². The minimum Gasteiger partial charge on any atom is -0.435 e. The van der Waals surface area contributed by atoms with E-state index >= 15 is 0 Å². The molecule has 11 aromatic rings. The zero-order chi connectivity index (χ0) is 37.0. The van der Waals surface area contributed by atoms with Gasteiger partial charge in [0.2, 0.25) is 5.89 Å². The molecule has 56 heavy (non-hydrogen) atoms. The summed E-state index contributed by atoms with van der Waals surface area (Å²) in [6.45, 7) is 0. The Bertz CT molecular complexity index is 3170. The number of oxazole rings is 1. The summed E-state index contributed by atoms with van der Waals surface area (Å²) in [5, 5.41) is 11.1. The van der Waals surface area contributed by atoms with Crippen LogP contribution in [0.4, 0.5) is 17.1 Å². The molecule has 11 rings (SSSR count). The maximum Gasteiger partial charge on any atom is 0.227 e. The maximum absolute atomic E-state index is 6.63. The molecule has 0 fully saturated rings. The molecule has 0 atom stereocenters. The molecule has 5 heteroatoms. The average Bonchev–Trinajstić information content (AvgIpc) is 3.87. The van der Waals surface area contributed by atoms with Crippen LogP contribution in [-0.4, -0.2) is 13.8 Å². The standard InChI is InChI=1S/C51H33N2OSSi/c1-4-13-36(14-5-1)51-52-46-30-26-35-24-23-34-25-27-38(32-45(34)49(35)50(46)54-51)53(39-28-29-44-43-21-10-11-22-47(43)55-48(44)33-39)37-15-12-20-42(31-37)56(40-16-6-2-7-17-40)41-18-8-3-9-19-41/h1-33H. The highest BCUT2D eigenvalue weighted by Gasteiger charge is 2.23. The number of rotatable bonds is 7. The van der Waals surface area contributed by atoms with E-state index in [9.17, 15) is 0 Å². The summed E-state index contributed by atoms with van der Waals surface area (Å²) in [6, 6.07) is 72.4. The van der Waals surface area contributed by atoms with Gasteiger partial charge in [-0.3, -0.25) is 0 Å². The Hall–Kier alpha value is -6.79. The quantitative estimate of drug-likeness (QED) is 0.0923. The number of hydrogen-bond donors (Lipinski definition) is 0. The van der Waals surface area contributed by atoms with Gasteiger partial charge in [-0.25, -0.2) is 4.98 Å². The lowest BCUT2D eigenvalue weighted by Crippen LogP contribution is -2.51. The Morgan fingerprint density at radius 3 is 1.86 bits per heavy atom.